The molecule has 0 spiro atoms. The quantitative estimate of drug-likeness (QED) is 0.268. The first-order valence-electron chi connectivity index (χ1n) is 13.6. The Morgan fingerprint density at radius 1 is 1.00 bits per heavy atom. The van der Waals surface area contributed by atoms with Gasteiger partial charge in [-0.25, -0.2) is 9.48 Å². The molecule has 1 saturated heterocycles. The number of nitrogens with one attached hydrogen (secondary N) is 2. The number of benzene rings is 2. The number of pyridine rings is 1. The fourth-order valence-corrected chi connectivity index (χ4v) is 4.57. The van der Waals surface area contributed by atoms with Crippen molar-refractivity contribution in [3.8, 4) is 17.2 Å². The molecule has 2 aromatic carbocycles. The zero-order valence-electron chi connectivity index (χ0n) is 23.2. The third-order valence-electron chi connectivity index (χ3n) is 6.86. The number of aromatic nitrogens is 3. The summed E-state index contributed by atoms with van der Waals surface area (Å²) in [6.45, 7) is 8.91. The maximum absolute atomic E-state index is 13.0. The molecular formula is C31H36N6O3. The summed E-state index contributed by atoms with van der Waals surface area (Å²) in [5.74, 6) is 1.93. The average Bonchev–Trinajstić information content (AvgIpc) is 3.55. The number of likely N-dealkylation sites (tertiary alicyclic amines) is 1. The fourth-order valence-electron chi connectivity index (χ4n) is 4.57. The van der Waals surface area contributed by atoms with Crippen LogP contribution < -0.4 is 15.4 Å². The molecule has 0 radical (unpaired) electrons. The molecule has 1 fully saturated rings. The van der Waals surface area contributed by atoms with Gasteiger partial charge >= 0.3 is 6.03 Å². The van der Waals surface area contributed by atoms with Gasteiger partial charge in [0, 0.05) is 49.2 Å². The van der Waals surface area contributed by atoms with Crippen LogP contribution in [-0.4, -0.2) is 56.5 Å². The number of ether oxygens (including phenoxy) is 1. The van der Waals surface area contributed by atoms with E-state index < -0.39 is 0 Å². The Morgan fingerprint density at radius 2 is 1.70 bits per heavy atom. The van der Waals surface area contributed by atoms with Crippen LogP contribution in [0.25, 0.3) is 5.69 Å². The van der Waals surface area contributed by atoms with Gasteiger partial charge in [0.15, 0.2) is 0 Å². The summed E-state index contributed by atoms with van der Waals surface area (Å²) < 4.78 is 7.56. The number of nitrogens with zero attached hydrogens (tertiary/aromatic N) is 4. The molecule has 208 valence electrons. The van der Waals surface area contributed by atoms with Gasteiger partial charge in [-0.3, -0.25) is 10.3 Å². The number of aliphatic hydroxyl groups is 1. The van der Waals surface area contributed by atoms with Gasteiger partial charge in [-0.2, -0.15) is 5.10 Å². The highest BCUT2D eigenvalue weighted by atomic mass is 16.5. The minimum Gasteiger partial charge on any atom is -0.457 e. The molecule has 5 rings (SSSR count). The number of amides is 2. The van der Waals surface area contributed by atoms with E-state index >= 15 is 0 Å². The van der Waals surface area contributed by atoms with Crippen molar-refractivity contribution in [2.45, 2.75) is 45.1 Å². The summed E-state index contributed by atoms with van der Waals surface area (Å²) in [6, 6.07) is 20.5. The number of anilines is 2. The van der Waals surface area contributed by atoms with Gasteiger partial charge in [0.2, 0.25) is 0 Å². The van der Waals surface area contributed by atoms with Gasteiger partial charge in [-0.1, -0.05) is 32.9 Å². The lowest BCUT2D eigenvalue weighted by atomic mass is 9.92. The highest BCUT2D eigenvalue weighted by molar-refractivity contribution is 5.99. The van der Waals surface area contributed by atoms with Gasteiger partial charge in [0.1, 0.15) is 17.3 Å². The van der Waals surface area contributed by atoms with E-state index in [4.69, 9.17) is 9.84 Å². The molecule has 9 nitrogen and oxygen atoms in total. The van der Waals surface area contributed by atoms with Crippen LogP contribution in [0.4, 0.5) is 16.3 Å². The van der Waals surface area contributed by atoms with Crippen LogP contribution in [0.5, 0.6) is 11.5 Å². The largest absolute Gasteiger partial charge is 0.457 e. The molecule has 3 N–H and O–H groups in total. The first kappa shape index (κ1) is 27.4. The van der Waals surface area contributed by atoms with Crippen molar-refractivity contribution in [3.63, 3.8) is 0 Å². The first-order valence-corrected chi connectivity index (χ1v) is 13.6. The Hall–Kier alpha value is -4.21. The average molecular weight is 541 g/mol. The third kappa shape index (κ3) is 7.05. The fraction of sp³-hybridized carbons (Fsp3) is 0.323. The molecule has 0 aliphatic carbocycles. The maximum Gasteiger partial charge on any atom is 0.324 e. The Morgan fingerprint density at radius 3 is 2.35 bits per heavy atom. The van der Waals surface area contributed by atoms with E-state index in [-0.39, 0.29) is 17.6 Å². The van der Waals surface area contributed by atoms with Gasteiger partial charge < -0.3 is 20.1 Å². The molecular weight excluding hydrogens is 504 g/mol. The first-order chi connectivity index (χ1) is 19.2. The molecule has 40 heavy (non-hydrogen) atoms. The van der Waals surface area contributed by atoms with Crippen LogP contribution in [0.1, 0.15) is 38.4 Å². The summed E-state index contributed by atoms with van der Waals surface area (Å²) in [4.78, 5) is 19.2. The number of carbonyl (C=O) groups is 1. The van der Waals surface area contributed by atoms with Gasteiger partial charge in [-0.05, 0) is 66.9 Å². The maximum atomic E-state index is 13.0. The van der Waals surface area contributed by atoms with Crippen molar-refractivity contribution in [1.82, 2.24) is 19.7 Å². The Balaban J connectivity index is 1.25. The van der Waals surface area contributed by atoms with Crippen molar-refractivity contribution in [3.05, 3.63) is 90.4 Å². The molecule has 0 bridgehead atoms. The molecule has 1 aliphatic rings. The van der Waals surface area contributed by atoms with Crippen LogP contribution in [0, 0.1) is 0 Å². The summed E-state index contributed by atoms with van der Waals surface area (Å²) in [6.07, 6.45) is 4.90. The predicted octanol–water partition coefficient (Wildman–Crippen LogP) is 5.61. The highest BCUT2D eigenvalue weighted by Crippen LogP contribution is 2.27. The second-order valence-electron chi connectivity index (χ2n) is 11.1. The summed E-state index contributed by atoms with van der Waals surface area (Å²) in [7, 11) is 0. The molecule has 3 heterocycles. The Bertz CT molecular complexity index is 1410. The number of rotatable bonds is 8. The molecule has 2 amide bonds. The lowest BCUT2D eigenvalue weighted by Gasteiger charge is -2.15. The Labute approximate surface area is 234 Å². The second-order valence-corrected chi connectivity index (χ2v) is 11.1. The van der Waals surface area contributed by atoms with E-state index in [1.807, 2.05) is 18.2 Å². The van der Waals surface area contributed by atoms with Crippen molar-refractivity contribution in [2.24, 2.45) is 0 Å². The number of aliphatic hydroxyl groups excluding tert-OH is 1. The Kier molecular flexibility index (Phi) is 8.14. The van der Waals surface area contributed by atoms with Gasteiger partial charge in [-0.15, -0.1) is 0 Å². The number of hydrogen-bond donors (Lipinski definition) is 3. The molecule has 1 unspecified atom stereocenters. The number of urea groups is 1. The minimum absolute atomic E-state index is 0.191. The lowest BCUT2D eigenvalue weighted by Crippen LogP contribution is -2.24. The highest BCUT2D eigenvalue weighted by Gasteiger charge is 2.22. The molecule has 0 saturated carbocycles. The summed E-state index contributed by atoms with van der Waals surface area (Å²) >= 11 is 0. The van der Waals surface area contributed by atoms with E-state index in [0.717, 1.165) is 43.9 Å². The van der Waals surface area contributed by atoms with Crippen LogP contribution >= 0.6 is 0 Å². The number of hydrogen-bond acceptors (Lipinski definition) is 6. The summed E-state index contributed by atoms with van der Waals surface area (Å²) in [5, 5.41) is 20.4. The van der Waals surface area contributed by atoms with Crippen LogP contribution in [0.15, 0.2) is 79.1 Å². The van der Waals surface area contributed by atoms with E-state index in [0.29, 0.717) is 23.0 Å². The number of carbonyl (C=O) groups excluding carboxylic acids is 1. The van der Waals surface area contributed by atoms with E-state index in [1.54, 1.807) is 53.5 Å². The molecule has 2 aromatic heterocycles. The van der Waals surface area contributed by atoms with E-state index in [9.17, 15) is 9.90 Å². The minimum atomic E-state index is -0.367. The van der Waals surface area contributed by atoms with Crippen molar-refractivity contribution in [2.75, 3.05) is 30.3 Å². The zero-order valence-corrected chi connectivity index (χ0v) is 23.2. The lowest BCUT2D eigenvalue weighted by molar-refractivity contribution is 0.177. The van der Waals surface area contributed by atoms with Gasteiger partial charge in [0.25, 0.3) is 0 Å². The van der Waals surface area contributed by atoms with Crippen molar-refractivity contribution >= 4 is 17.5 Å². The molecule has 9 heteroatoms. The van der Waals surface area contributed by atoms with Gasteiger partial charge in [0.05, 0.1) is 17.5 Å². The van der Waals surface area contributed by atoms with Crippen LogP contribution in [0.3, 0.4) is 0 Å². The standard InChI is InChI=1S/C31H36N6O3/c1-31(2,3)28-20-29(34-30(39)33-23-6-10-26(11-7-23)40-27-12-16-32-17-13-27)37(35-28)24-8-4-22(5-9-24)14-18-36-19-15-25(38)21-36/h4-13,16-17,20,25,38H,14-15,18-19,21H2,1-3H3,(H2,33,34,39). The smallest absolute Gasteiger partial charge is 0.324 e. The monoisotopic (exact) mass is 540 g/mol. The second kappa shape index (κ2) is 11.9. The SMILES string of the molecule is CC(C)(C)c1cc(NC(=O)Nc2ccc(Oc3ccncc3)cc2)n(-c2ccc(CCN3CCC(O)C3)cc2)n1. The van der Waals surface area contributed by atoms with Crippen LogP contribution in [0.2, 0.25) is 0 Å². The predicted molar refractivity (Wildman–Crippen MR) is 156 cm³/mol. The third-order valence-corrected chi connectivity index (χ3v) is 6.86. The normalized spacial score (nSPS) is 15.7. The van der Waals surface area contributed by atoms with E-state index in [1.165, 1.54) is 5.56 Å². The molecule has 4 aromatic rings. The number of β-amino-alcohol motifs (C(OH)–C–C–N with tert-alkyl or cyclic N) is 1. The molecule has 1 aliphatic heterocycles. The van der Waals surface area contributed by atoms with E-state index in [2.05, 4.69) is 53.4 Å². The van der Waals surface area contributed by atoms with Crippen LogP contribution in [-0.2, 0) is 11.8 Å². The molecule has 1 atom stereocenters. The topological polar surface area (TPSA) is 105 Å². The zero-order chi connectivity index (χ0) is 28.1. The summed E-state index contributed by atoms with van der Waals surface area (Å²) in [5.41, 5.74) is 3.40. The van der Waals surface area contributed by atoms with Crippen molar-refractivity contribution in [1.29, 1.82) is 0 Å². The van der Waals surface area contributed by atoms with Crippen molar-refractivity contribution < 1.29 is 14.6 Å².